The molecule has 0 N–H and O–H groups in total. The maximum Gasteiger partial charge on any atom is 0.205 e. The van der Waals surface area contributed by atoms with Crippen molar-refractivity contribution in [3.63, 3.8) is 0 Å². The maximum absolute atomic E-state index is 10.9. The number of rotatable bonds is 2. The van der Waals surface area contributed by atoms with Crippen molar-refractivity contribution in [2.45, 2.75) is 25.7 Å². The smallest absolute Gasteiger partial charge is 0.205 e. The molecule has 0 radical (unpaired) electrons. The lowest BCUT2D eigenvalue weighted by atomic mass is 10.1. The van der Waals surface area contributed by atoms with Gasteiger partial charge in [0.25, 0.3) is 0 Å². The van der Waals surface area contributed by atoms with Gasteiger partial charge in [0.15, 0.2) is 0 Å². The molecule has 0 aliphatic heterocycles. The van der Waals surface area contributed by atoms with E-state index in [4.69, 9.17) is 6.42 Å². The average molecular weight is 148 g/mol. The van der Waals surface area contributed by atoms with Crippen molar-refractivity contribution in [2.24, 2.45) is 17.8 Å². The molecule has 58 valence electrons. The Bertz CT molecular complexity index is 214. The molecule has 2 saturated carbocycles. The predicted octanol–water partition coefficient (Wildman–Crippen LogP) is 1.62. The lowest BCUT2D eigenvalue weighted by molar-refractivity contribution is -0.114. The molecule has 0 amide bonds. The Morgan fingerprint density at radius 2 is 2.09 bits per heavy atom. The largest absolute Gasteiger partial charge is 0.285 e. The molecule has 2 aliphatic rings. The molecular weight excluding hydrogens is 136 g/mol. The molecule has 11 heavy (non-hydrogen) atoms. The fraction of sp³-hybridized carbons (Fsp3) is 0.700. The minimum Gasteiger partial charge on any atom is -0.285 e. The summed E-state index contributed by atoms with van der Waals surface area (Å²) in [6.45, 7) is 0. The van der Waals surface area contributed by atoms with Crippen LogP contribution in [-0.2, 0) is 4.79 Å². The highest BCUT2D eigenvalue weighted by Gasteiger charge is 2.52. The van der Waals surface area contributed by atoms with E-state index in [0.717, 1.165) is 11.8 Å². The second-order valence-electron chi connectivity index (χ2n) is 3.69. The van der Waals surface area contributed by atoms with Crippen LogP contribution >= 0.6 is 0 Å². The zero-order valence-corrected chi connectivity index (χ0v) is 6.55. The van der Waals surface area contributed by atoms with Crippen LogP contribution in [0.15, 0.2) is 0 Å². The molecule has 2 unspecified atom stereocenters. The van der Waals surface area contributed by atoms with E-state index in [1.54, 1.807) is 0 Å². The third-order valence-electron chi connectivity index (χ3n) is 3.17. The maximum atomic E-state index is 10.9. The van der Waals surface area contributed by atoms with Crippen molar-refractivity contribution >= 4 is 5.78 Å². The second-order valence-corrected chi connectivity index (χ2v) is 3.69. The number of Topliss-reactive ketones (excluding diaryl/α,β-unsaturated/α-hetero) is 1. The summed E-state index contributed by atoms with van der Waals surface area (Å²) in [5.41, 5.74) is 0. The first kappa shape index (κ1) is 6.91. The Kier molecular flexibility index (Phi) is 1.49. The molecule has 2 fully saturated rings. The Balaban J connectivity index is 1.84. The zero-order valence-electron chi connectivity index (χ0n) is 6.55. The van der Waals surface area contributed by atoms with Gasteiger partial charge in [-0.15, -0.1) is 6.42 Å². The van der Waals surface area contributed by atoms with Crippen LogP contribution in [0.25, 0.3) is 0 Å². The van der Waals surface area contributed by atoms with E-state index < -0.39 is 0 Å². The quantitative estimate of drug-likeness (QED) is 0.429. The van der Waals surface area contributed by atoms with E-state index >= 15 is 0 Å². The highest BCUT2D eigenvalue weighted by molar-refractivity contribution is 5.95. The molecule has 2 rings (SSSR count). The lowest BCUT2D eigenvalue weighted by Crippen LogP contribution is -1.97. The highest BCUT2D eigenvalue weighted by atomic mass is 16.1. The van der Waals surface area contributed by atoms with Gasteiger partial charge in [0.2, 0.25) is 5.78 Å². The van der Waals surface area contributed by atoms with E-state index in [1.165, 1.54) is 19.3 Å². The van der Waals surface area contributed by atoms with E-state index in [1.807, 2.05) is 0 Å². The normalized spacial score (nSPS) is 39.4. The molecule has 0 spiro atoms. The van der Waals surface area contributed by atoms with Gasteiger partial charge in [-0.05, 0) is 36.5 Å². The monoisotopic (exact) mass is 148 g/mol. The van der Waals surface area contributed by atoms with Crippen LogP contribution in [0.3, 0.4) is 0 Å². The molecule has 0 aromatic carbocycles. The van der Waals surface area contributed by atoms with Crippen LogP contribution < -0.4 is 0 Å². The fourth-order valence-corrected chi connectivity index (χ4v) is 2.55. The Hall–Kier alpha value is -0.770. The van der Waals surface area contributed by atoms with Crippen molar-refractivity contribution in [3.05, 3.63) is 0 Å². The minimum atomic E-state index is 0.00407. The molecular formula is C10H12O. The highest BCUT2D eigenvalue weighted by Crippen LogP contribution is 2.58. The summed E-state index contributed by atoms with van der Waals surface area (Å²) in [7, 11) is 0. The van der Waals surface area contributed by atoms with Crippen molar-refractivity contribution < 1.29 is 4.79 Å². The predicted molar refractivity (Wildman–Crippen MR) is 42.8 cm³/mol. The van der Waals surface area contributed by atoms with Gasteiger partial charge < -0.3 is 0 Å². The van der Waals surface area contributed by atoms with Crippen LogP contribution in [0.5, 0.6) is 0 Å². The molecule has 2 aliphatic carbocycles. The molecule has 1 heteroatoms. The molecule has 0 heterocycles. The van der Waals surface area contributed by atoms with Gasteiger partial charge in [0.1, 0.15) is 0 Å². The second kappa shape index (κ2) is 2.37. The average Bonchev–Trinajstić information content (AvgIpc) is 2.52. The summed E-state index contributed by atoms with van der Waals surface area (Å²) >= 11 is 0. The number of ketones is 1. The molecule has 0 aromatic heterocycles. The van der Waals surface area contributed by atoms with Crippen LogP contribution in [-0.4, -0.2) is 5.78 Å². The van der Waals surface area contributed by atoms with Gasteiger partial charge in [-0.1, -0.05) is 6.42 Å². The van der Waals surface area contributed by atoms with Gasteiger partial charge >= 0.3 is 0 Å². The Labute approximate surface area is 67.2 Å². The number of carbonyl (C=O) groups excluding carboxylic acids is 1. The summed E-state index contributed by atoms with van der Waals surface area (Å²) < 4.78 is 0. The van der Waals surface area contributed by atoms with E-state index in [-0.39, 0.29) is 5.78 Å². The van der Waals surface area contributed by atoms with Crippen molar-refractivity contribution in [1.29, 1.82) is 0 Å². The van der Waals surface area contributed by atoms with Gasteiger partial charge in [0, 0.05) is 6.42 Å². The number of hydrogen-bond donors (Lipinski definition) is 0. The summed E-state index contributed by atoms with van der Waals surface area (Å²) in [5.74, 6) is 4.60. The van der Waals surface area contributed by atoms with Crippen LogP contribution in [0.1, 0.15) is 25.7 Å². The van der Waals surface area contributed by atoms with Crippen LogP contribution in [0.4, 0.5) is 0 Å². The first-order chi connectivity index (χ1) is 5.33. The summed E-state index contributed by atoms with van der Waals surface area (Å²) in [6.07, 6.45) is 9.71. The van der Waals surface area contributed by atoms with E-state index in [9.17, 15) is 4.79 Å². The number of carbonyl (C=O) groups is 1. The van der Waals surface area contributed by atoms with E-state index in [2.05, 4.69) is 5.92 Å². The van der Waals surface area contributed by atoms with Crippen molar-refractivity contribution in [3.8, 4) is 12.3 Å². The number of fused-ring (bicyclic) bond motifs is 1. The van der Waals surface area contributed by atoms with Crippen molar-refractivity contribution in [1.82, 2.24) is 0 Å². The Morgan fingerprint density at radius 1 is 1.45 bits per heavy atom. The zero-order chi connectivity index (χ0) is 7.84. The standard InChI is InChI=1S/C10H12O/c1-2-7(11)6-10-8-4-3-5-9(8)10/h1,8-10H,3-6H2. The SMILES string of the molecule is C#CC(=O)CC1C2CCCC21. The van der Waals surface area contributed by atoms with Crippen LogP contribution in [0.2, 0.25) is 0 Å². The molecule has 0 bridgehead atoms. The van der Waals surface area contributed by atoms with Gasteiger partial charge in [-0.25, -0.2) is 0 Å². The van der Waals surface area contributed by atoms with E-state index in [0.29, 0.717) is 12.3 Å². The minimum absolute atomic E-state index is 0.00407. The lowest BCUT2D eigenvalue weighted by Gasteiger charge is -1.97. The topological polar surface area (TPSA) is 17.1 Å². The van der Waals surface area contributed by atoms with Gasteiger partial charge in [0.05, 0.1) is 0 Å². The third-order valence-corrected chi connectivity index (χ3v) is 3.17. The first-order valence-electron chi connectivity index (χ1n) is 4.32. The molecule has 1 nitrogen and oxygen atoms in total. The summed E-state index contributed by atoms with van der Waals surface area (Å²) in [5, 5.41) is 0. The first-order valence-corrected chi connectivity index (χ1v) is 4.32. The molecule has 0 saturated heterocycles. The molecule has 0 aromatic rings. The van der Waals surface area contributed by atoms with Gasteiger partial charge in [-0.2, -0.15) is 0 Å². The number of terminal acetylenes is 1. The number of hydrogen-bond acceptors (Lipinski definition) is 1. The fourth-order valence-electron chi connectivity index (χ4n) is 2.55. The van der Waals surface area contributed by atoms with Crippen LogP contribution in [0, 0.1) is 30.1 Å². The molecule has 2 atom stereocenters. The Morgan fingerprint density at radius 3 is 2.64 bits per heavy atom. The summed E-state index contributed by atoms with van der Waals surface area (Å²) in [4.78, 5) is 10.9. The van der Waals surface area contributed by atoms with Gasteiger partial charge in [-0.3, -0.25) is 4.79 Å². The third kappa shape index (κ3) is 1.07. The summed E-state index contributed by atoms with van der Waals surface area (Å²) in [6, 6.07) is 0. The van der Waals surface area contributed by atoms with Crippen molar-refractivity contribution in [2.75, 3.05) is 0 Å².